The normalized spacial score (nSPS) is 14.3. The molecule has 0 radical (unpaired) electrons. The van der Waals surface area contributed by atoms with Crippen molar-refractivity contribution >= 4 is 35.3 Å². The van der Waals surface area contributed by atoms with Crippen LogP contribution in [0.25, 0.3) is 0 Å². The number of carbonyl (C=O) groups excluding carboxylic acids is 2. The molecule has 2 amide bonds. The number of pyridine rings is 1. The van der Waals surface area contributed by atoms with E-state index in [0.29, 0.717) is 29.5 Å². The van der Waals surface area contributed by atoms with Gasteiger partial charge >= 0.3 is 0 Å². The van der Waals surface area contributed by atoms with E-state index in [1.807, 2.05) is 19.1 Å². The lowest BCUT2D eigenvalue weighted by Crippen LogP contribution is -2.45. The number of aromatic nitrogens is 1. The Morgan fingerprint density at radius 3 is 2.60 bits per heavy atom. The van der Waals surface area contributed by atoms with E-state index in [0.717, 1.165) is 30.8 Å². The van der Waals surface area contributed by atoms with Crippen LogP contribution in [0.4, 0.5) is 11.4 Å². The van der Waals surface area contributed by atoms with E-state index >= 15 is 0 Å². The number of nitrogens with zero attached hydrogens (tertiary/aromatic N) is 3. The number of carbonyl (C=O) groups is 2. The molecule has 0 unspecified atom stereocenters. The summed E-state index contributed by atoms with van der Waals surface area (Å²) in [5, 5.41) is 3.40. The molecule has 1 saturated heterocycles. The summed E-state index contributed by atoms with van der Waals surface area (Å²) in [4.78, 5) is 31.3. The average Bonchev–Trinajstić information content (AvgIpc) is 2.65. The Morgan fingerprint density at radius 2 is 1.96 bits per heavy atom. The number of anilines is 2. The van der Waals surface area contributed by atoms with Gasteiger partial charge < -0.3 is 15.1 Å². The summed E-state index contributed by atoms with van der Waals surface area (Å²) in [7, 11) is 0. The minimum atomic E-state index is -0.275. The number of halogens is 1. The van der Waals surface area contributed by atoms with E-state index < -0.39 is 0 Å². The molecule has 1 aromatic carbocycles. The predicted molar refractivity (Wildman–Crippen MR) is 98.2 cm³/mol. The molecule has 2 aromatic rings. The molecule has 0 aliphatic carbocycles. The minimum absolute atomic E-state index is 0.275. The Morgan fingerprint density at radius 1 is 1.20 bits per heavy atom. The molecule has 7 heteroatoms. The molecule has 0 saturated carbocycles. The molecule has 0 bridgehead atoms. The highest BCUT2D eigenvalue weighted by Gasteiger charge is 2.17. The van der Waals surface area contributed by atoms with E-state index in [4.69, 9.17) is 11.6 Å². The van der Waals surface area contributed by atoms with E-state index in [1.54, 1.807) is 29.3 Å². The minimum Gasteiger partial charge on any atom is -0.367 e. The van der Waals surface area contributed by atoms with Crippen molar-refractivity contribution in [3.8, 4) is 0 Å². The molecule has 0 spiro atoms. The van der Waals surface area contributed by atoms with E-state index in [9.17, 15) is 9.59 Å². The zero-order chi connectivity index (χ0) is 17.8. The van der Waals surface area contributed by atoms with Gasteiger partial charge in [0.25, 0.3) is 5.91 Å². The fourth-order valence-electron chi connectivity index (χ4n) is 2.71. The first-order valence-electron chi connectivity index (χ1n) is 8.04. The average molecular weight is 359 g/mol. The van der Waals surface area contributed by atoms with Crippen LogP contribution < -0.4 is 10.2 Å². The largest absolute Gasteiger partial charge is 0.367 e. The number of nitrogens with one attached hydrogen (secondary N) is 1. The lowest BCUT2D eigenvalue weighted by molar-refractivity contribution is -0.118. The van der Waals surface area contributed by atoms with Crippen LogP contribution >= 0.6 is 11.6 Å². The summed E-state index contributed by atoms with van der Waals surface area (Å²) in [5.41, 5.74) is 2.89. The SMILES string of the molecule is Cc1ccc(Cl)cc1NC(=O)c1ccc(N2CCN(C=O)CC2)cn1. The molecule has 0 atom stereocenters. The van der Waals surface area contributed by atoms with Gasteiger partial charge in [-0.3, -0.25) is 9.59 Å². The van der Waals surface area contributed by atoms with Crippen LogP contribution in [-0.2, 0) is 4.79 Å². The third-order valence-electron chi connectivity index (χ3n) is 4.26. The molecule has 1 aliphatic heterocycles. The van der Waals surface area contributed by atoms with Crippen LogP contribution in [0, 0.1) is 6.92 Å². The molecule has 1 N–H and O–H groups in total. The van der Waals surface area contributed by atoms with Crippen LogP contribution in [0.2, 0.25) is 5.02 Å². The van der Waals surface area contributed by atoms with Crippen molar-refractivity contribution in [1.29, 1.82) is 0 Å². The number of hydrogen-bond donors (Lipinski definition) is 1. The van der Waals surface area contributed by atoms with Crippen LogP contribution in [0.1, 0.15) is 16.1 Å². The van der Waals surface area contributed by atoms with Gasteiger partial charge in [-0.25, -0.2) is 4.98 Å². The van der Waals surface area contributed by atoms with E-state index in [2.05, 4.69) is 15.2 Å². The molecular weight excluding hydrogens is 340 g/mol. The summed E-state index contributed by atoms with van der Waals surface area (Å²) in [5.74, 6) is -0.275. The highest BCUT2D eigenvalue weighted by atomic mass is 35.5. The van der Waals surface area contributed by atoms with Gasteiger partial charge in [0.05, 0.1) is 11.9 Å². The van der Waals surface area contributed by atoms with Gasteiger partial charge in [0.2, 0.25) is 6.41 Å². The lowest BCUT2D eigenvalue weighted by atomic mass is 10.2. The standard InChI is InChI=1S/C18H19ClN4O2/c1-13-2-3-14(19)10-17(13)21-18(25)16-5-4-15(11-20-16)23-8-6-22(12-24)7-9-23/h2-5,10-12H,6-9H2,1H3,(H,21,25). The number of aryl methyl sites for hydroxylation is 1. The highest BCUT2D eigenvalue weighted by Crippen LogP contribution is 2.21. The van der Waals surface area contributed by atoms with Gasteiger partial charge in [-0.2, -0.15) is 0 Å². The summed E-state index contributed by atoms with van der Waals surface area (Å²) in [6.45, 7) is 4.81. The first-order chi connectivity index (χ1) is 12.1. The second kappa shape index (κ2) is 7.53. The Kier molecular flexibility index (Phi) is 5.19. The van der Waals surface area contributed by atoms with Crippen LogP contribution in [0.3, 0.4) is 0 Å². The summed E-state index contributed by atoms with van der Waals surface area (Å²) in [6, 6.07) is 8.94. The molecule has 1 aromatic heterocycles. The molecule has 130 valence electrons. The maximum Gasteiger partial charge on any atom is 0.274 e. The first kappa shape index (κ1) is 17.2. The Balaban J connectivity index is 1.66. The molecule has 25 heavy (non-hydrogen) atoms. The first-order valence-corrected chi connectivity index (χ1v) is 8.42. The maximum atomic E-state index is 12.4. The van der Waals surface area contributed by atoms with Crippen molar-refractivity contribution in [3.63, 3.8) is 0 Å². The molecule has 3 rings (SSSR count). The predicted octanol–water partition coefficient (Wildman–Crippen LogP) is 2.57. The molecular formula is C18H19ClN4O2. The number of amides is 2. The summed E-state index contributed by atoms with van der Waals surface area (Å²) in [6.07, 6.45) is 2.57. The van der Waals surface area contributed by atoms with Gasteiger partial charge in [0, 0.05) is 36.9 Å². The Bertz CT molecular complexity index is 771. The van der Waals surface area contributed by atoms with Gasteiger partial charge in [-0.05, 0) is 36.8 Å². The number of benzene rings is 1. The second-order valence-corrected chi connectivity index (χ2v) is 6.38. The lowest BCUT2D eigenvalue weighted by Gasteiger charge is -2.33. The van der Waals surface area contributed by atoms with Gasteiger partial charge in [-0.1, -0.05) is 17.7 Å². The van der Waals surface area contributed by atoms with E-state index in [1.165, 1.54) is 0 Å². The number of hydrogen-bond acceptors (Lipinski definition) is 4. The highest BCUT2D eigenvalue weighted by molar-refractivity contribution is 6.31. The summed E-state index contributed by atoms with van der Waals surface area (Å²) >= 11 is 5.98. The van der Waals surface area contributed by atoms with Crippen molar-refractivity contribution in [2.45, 2.75) is 6.92 Å². The maximum absolute atomic E-state index is 12.4. The molecule has 2 heterocycles. The number of rotatable bonds is 4. The fraction of sp³-hybridized carbons (Fsp3) is 0.278. The van der Waals surface area contributed by atoms with Crippen molar-refractivity contribution in [1.82, 2.24) is 9.88 Å². The monoisotopic (exact) mass is 358 g/mol. The Labute approximate surface area is 151 Å². The molecule has 1 aliphatic rings. The zero-order valence-electron chi connectivity index (χ0n) is 13.9. The second-order valence-electron chi connectivity index (χ2n) is 5.94. The van der Waals surface area contributed by atoms with Gasteiger partial charge in [0.1, 0.15) is 5.69 Å². The van der Waals surface area contributed by atoms with Gasteiger partial charge in [-0.15, -0.1) is 0 Å². The molecule has 6 nitrogen and oxygen atoms in total. The van der Waals surface area contributed by atoms with Crippen molar-refractivity contribution in [3.05, 3.63) is 52.8 Å². The van der Waals surface area contributed by atoms with Gasteiger partial charge in [0.15, 0.2) is 0 Å². The smallest absolute Gasteiger partial charge is 0.274 e. The van der Waals surface area contributed by atoms with Crippen LogP contribution in [-0.4, -0.2) is 48.4 Å². The zero-order valence-corrected chi connectivity index (χ0v) is 14.7. The third-order valence-corrected chi connectivity index (χ3v) is 4.49. The third kappa shape index (κ3) is 4.09. The molecule has 1 fully saturated rings. The Hall–Kier alpha value is -2.60. The van der Waals surface area contributed by atoms with Crippen molar-refractivity contribution in [2.75, 3.05) is 36.4 Å². The van der Waals surface area contributed by atoms with E-state index in [-0.39, 0.29) is 5.91 Å². The van der Waals surface area contributed by atoms with Crippen molar-refractivity contribution < 1.29 is 9.59 Å². The van der Waals surface area contributed by atoms with Crippen LogP contribution in [0.15, 0.2) is 36.5 Å². The van der Waals surface area contributed by atoms with Crippen molar-refractivity contribution in [2.24, 2.45) is 0 Å². The van der Waals surface area contributed by atoms with Crippen LogP contribution in [0.5, 0.6) is 0 Å². The topological polar surface area (TPSA) is 65.5 Å². The quantitative estimate of drug-likeness (QED) is 0.853. The fourth-order valence-corrected chi connectivity index (χ4v) is 2.88. The summed E-state index contributed by atoms with van der Waals surface area (Å²) < 4.78 is 0. The number of piperazine rings is 1.